The maximum Gasteiger partial charge on any atom is 2.00 e. The van der Waals surface area contributed by atoms with Crippen molar-refractivity contribution >= 4 is 77.6 Å². The Balaban J connectivity index is -0.0000000135. The molecule has 0 aromatic carbocycles. The summed E-state index contributed by atoms with van der Waals surface area (Å²) in [6.45, 7) is 0. The van der Waals surface area contributed by atoms with Crippen molar-refractivity contribution in [2.24, 2.45) is 0 Å². The van der Waals surface area contributed by atoms with Gasteiger partial charge >= 0.3 is 269 Å². The number of carbonyl (C=O) groups is 5. The molecule has 26 heteroatoms. The van der Waals surface area contributed by atoms with Crippen LogP contribution in [0.2, 0.25) is 0 Å². The minimum atomic E-state index is -5.61. The largest absolute Gasteiger partial charge is 2.00 e. The number of hydrogen-bond acceptors (Lipinski definition) is 12. The summed E-state index contributed by atoms with van der Waals surface area (Å²) in [7, 11) is -5.61. The van der Waals surface area contributed by atoms with Crippen LogP contribution in [0.25, 0.3) is 0 Å². The van der Waals surface area contributed by atoms with Crippen molar-refractivity contribution in [3.05, 3.63) is 0 Å². The Morgan fingerprint density at radius 1 is 0.516 bits per heavy atom. The van der Waals surface area contributed by atoms with E-state index >= 15 is 0 Å². The molecule has 0 atom stereocenters. The Morgan fingerprint density at radius 3 is 0.516 bits per heavy atom. The summed E-state index contributed by atoms with van der Waals surface area (Å²) in [5, 5.41) is 73.8. The van der Waals surface area contributed by atoms with Gasteiger partial charge in [-0.25, -0.2) is 14.4 Å². The normalized spacial score (nSPS) is 5.81. The van der Waals surface area contributed by atoms with Crippen LogP contribution in [-0.4, -0.2) is 113 Å². The van der Waals surface area contributed by atoms with Crippen molar-refractivity contribution in [2.75, 3.05) is 0 Å². The molecular weight excluding hydrogens is 595 g/mol. The summed E-state index contributed by atoms with van der Waals surface area (Å²) >= 11 is 0. The molecule has 7 N–H and O–H groups in total. The molecule has 0 aliphatic carbocycles. The van der Waals surface area contributed by atoms with Crippen LogP contribution < -0.4 is 248 Å². The third-order valence-corrected chi connectivity index (χ3v) is 0. The topological polar surface area (TPSA) is 388 Å². The third-order valence-electron chi connectivity index (χ3n) is 0. The van der Waals surface area contributed by atoms with Crippen LogP contribution in [0.4, 0.5) is 24.0 Å². The van der Waals surface area contributed by atoms with Crippen LogP contribution >= 0.6 is 0 Å². The molecule has 19 nitrogen and oxygen atoms in total. The monoisotopic (exact) mass is 602 g/mol. The Kier molecular flexibility index (Phi) is 147. The zero-order valence-electron chi connectivity index (χ0n) is 16.7. The van der Waals surface area contributed by atoms with E-state index in [0.29, 0.717) is 0 Å². The second kappa shape index (κ2) is 59.6. The molecule has 0 unspecified atom stereocenters. The molecule has 152 valence electrons. The van der Waals surface area contributed by atoms with E-state index in [4.69, 9.17) is 94.2 Å². The maximum absolute atomic E-state index is 8.58. The van der Waals surface area contributed by atoms with Crippen molar-refractivity contribution in [2.45, 2.75) is 0 Å². The van der Waals surface area contributed by atoms with E-state index in [1.807, 2.05) is 0 Å². The van der Waals surface area contributed by atoms with E-state index in [-0.39, 0.29) is 251 Å². The molecule has 0 heterocycles. The quantitative estimate of drug-likeness (QED) is 0.126. The molecular formula is C5H7CaK3Na2O19Si. The summed E-state index contributed by atoms with van der Waals surface area (Å²) < 4.78 is 0. The van der Waals surface area contributed by atoms with Crippen LogP contribution in [0.1, 0.15) is 0 Å². The van der Waals surface area contributed by atoms with Gasteiger partial charge in [-0.2, -0.15) is 0 Å². The molecule has 0 aliphatic rings. The zero-order chi connectivity index (χ0) is 22.4. The molecule has 0 aromatic heterocycles. The van der Waals surface area contributed by atoms with Gasteiger partial charge in [0, 0.05) is 0 Å². The second-order valence-electron chi connectivity index (χ2n) is 1.86. The first kappa shape index (κ1) is 76.5. The SMILES string of the molecule is O=C(O)O.O=C(O)O.O=C(O)O.O=C([O-])O.O=C([O-])[O-].[Ca+2].[K+].[K+].[K+].[Na+].[Na+].[O-][Si]([O-])([O-])[O-]. The van der Waals surface area contributed by atoms with Gasteiger partial charge in [0.15, 0.2) is 0 Å². The van der Waals surface area contributed by atoms with Crippen molar-refractivity contribution in [3.63, 3.8) is 0 Å². The Labute approximate surface area is 375 Å². The molecule has 0 aromatic rings. The third kappa shape index (κ3) is 1750. The summed E-state index contributed by atoms with van der Waals surface area (Å²) in [6.07, 6.45) is -9.92. The molecule has 0 radical (unpaired) electrons. The first-order valence-corrected chi connectivity index (χ1v) is 5.65. The first-order chi connectivity index (χ1) is 10.7. The molecule has 0 saturated heterocycles. The van der Waals surface area contributed by atoms with Crippen LogP contribution in [0.15, 0.2) is 0 Å². The van der Waals surface area contributed by atoms with Crippen LogP contribution in [0.5, 0.6) is 0 Å². The molecule has 0 rings (SSSR count). The van der Waals surface area contributed by atoms with Gasteiger partial charge in [-0.3, -0.25) is 0 Å². The van der Waals surface area contributed by atoms with Crippen LogP contribution in [-0.2, 0) is 0 Å². The van der Waals surface area contributed by atoms with Crippen molar-refractivity contribution in [1.29, 1.82) is 0 Å². The molecule has 0 saturated carbocycles. The summed E-state index contributed by atoms with van der Waals surface area (Å²) in [5.74, 6) is 0. The van der Waals surface area contributed by atoms with Gasteiger partial charge in [-0.05, 0) is 6.16 Å². The van der Waals surface area contributed by atoms with Crippen molar-refractivity contribution in [3.8, 4) is 0 Å². The summed E-state index contributed by atoms with van der Waals surface area (Å²) in [4.78, 5) is 76.7. The van der Waals surface area contributed by atoms with E-state index in [1.165, 1.54) is 0 Å². The Morgan fingerprint density at radius 2 is 0.516 bits per heavy atom. The summed E-state index contributed by atoms with van der Waals surface area (Å²) in [5.41, 5.74) is 0. The fourth-order valence-corrected chi connectivity index (χ4v) is 0. The Bertz CT molecular complexity index is 302. The molecule has 0 fully saturated rings. The van der Waals surface area contributed by atoms with Gasteiger partial charge in [-0.1, -0.05) is 0 Å². The van der Waals surface area contributed by atoms with Crippen molar-refractivity contribution in [1.82, 2.24) is 0 Å². The molecule has 0 spiro atoms. The van der Waals surface area contributed by atoms with Crippen molar-refractivity contribution < 1.29 is 307 Å². The van der Waals surface area contributed by atoms with Crippen LogP contribution in [0, 0.1) is 0 Å². The molecule has 0 aliphatic heterocycles. The average Bonchev–Trinajstić information content (AvgIpc) is 2.06. The number of hydrogen-bond donors (Lipinski definition) is 7. The average molecular weight is 603 g/mol. The van der Waals surface area contributed by atoms with E-state index in [1.54, 1.807) is 0 Å². The fourth-order valence-electron chi connectivity index (χ4n) is 0. The van der Waals surface area contributed by atoms with Gasteiger partial charge < -0.3 is 88.9 Å². The standard InChI is InChI=1S/5CH2O3.Ca.3K.2Na.O4Si/c5*2-1(3)4;;;;;;;1-5(2,3)4/h5*(H2,2,3,4);;;;;;;/q;;;;;+2;5*+1;-4/p-3. The van der Waals surface area contributed by atoms with Gasteiger partial charge in [0.1, 0.15) is 0 Å². The van der Waals surface area contributed by atoms with E-state index in [2.05, 4.69) is 0 Å². The predicted octanol–water partition coefficient (Wildman–Crippen LogP) is -23.4. The van der Waals surface area contributed by atoms with Gasteiger partial charge in [0.05, 0.1) is 0 Å². The zero-order valence-corrected chi connectivity index (χ0v) is 33.3. The number of carbonyl (C=O) groups excluding carboxylic acids is 1. The second-order valence-corrected chi connectivity index (χ2v) is 2.86. The molecule has 31 heavy (non-hydrogen) atoms. The van der Waals surface area contributed by atoms with Gasteiger partial charge in [0.2, 0.25) is 6.16 Å². The van der Waals surface area contributed by atoms with Gasteiger partial charge in [-0.15, -0.1) is 0 Å². The van der Waals surface area contributed by atoms with E-state index < -0.39 is 39.8 Å². The number of rotatable bonds is 0. The Hall–Kier alpha value is 4.58. The molecule has 0 bridgehead atoms. The predicted molar refractivity (Wildman–Crippen MR) is 56.9 cm³/mol. The number of carboxylic acid groups (broad SMARTS) is 10. The minimum Gasteiger partial charge on any atom is -0.894 e. The van der Waals surface area contributed by atoms with Crippen LogP contribution in [0.3, 0.4) is 0 Å². The van der Waals surface area contributed by atoms with E-state index in [9.17, 15) is 0 Å². The van der Waals surface area contributed by atoms with Gasteiger partial charge in [0.25, 0.3) is 0 Å². The minimum absolute atomic E-state index is 0. The molecule has 0 amide bonds. The summed E-state index contributed by atoms with van der Waals surface area (Å²) in [6, 6.07) is 0. The smallest absolute Gasteiger partial charge is 0.894 e. The van der Waals surface area contributed by atoms with E-state index in [0.717, 1.165) is 0 Å². The fraction of sp³-hybridized carbons (Fsp3) is 0. The maximum atomic E-state index is 8.58. The first-order valence-electron chi connectivity index (χ1n) is 4.01.